The second-order valence-corrected chi connectivity index (χ2v) is 5.27. The van der Waals surface area contributed by atoms with Crippen molar-refractivity contribution in [1.29, 1.82) is 0 Å². The highest BCUT2D eigenvalue weighted by Crippen LogP contribution is 2.22. The van der Waals surface area contributed by atoms with Crippen molar-refractivity contribution < 1.29 is 9.84 Å². The Morgan fingerprint density at radius 1 is 1.12 bits per heavy atom. The molecule has 0 bridgehead atoms. The third-order valence-electron chi connectivity index (χ3n) is 4.02. The van der Waals surface area contributed by atoms with Crippen LogP contribution in [0.25, 0.3) is 0 Å². The van der Waals surface area contributed by atoms with E-state index in [0.717, 1.165) is 19.6 Å². The van der Waals surface area contributed by atoms with Gasteiger partial charge in [-0.05, 0) is 31.6 Å². The predicted molar refractivity (Wildman–Crippen MR) is 64.4 cm³/mol. The molecular weight excluding hydrogens is 202 g/mol. The number of nitrogens with one attached hydrogen (secondary N) is 1. The molecule has 1 aliphatic heterocycles. The number of rotatable bonds is 4. The van der Waals surface area contributed by atoms with Gasteiger partial charge in [0, 0.05) is 18.7 Å². The highest BCUT2D eigenvalue weighted by Gasteiger charge is 2.26. The fourth-order valence-electron chi connectivity index (χ4n) is 2.99. The lowest BCUT2D eigenvalue weighted by molar-refractivity contribution is 0.0247. The SMILES string of the molecule is OCC(NC1CCCCC1)C1CCCOC1. The normalized spacial score (nSPS) is 30.2. The van der Waals surface area contributed by atoms with Gasteiger partial charge in [0.2, 0.25) is 0 Å². The van der Waals surface area contributed by atoms with E-state index in [-0.39, 0.29) is 12.6 Å². The topological polar surface area (TPSA) is 41.5 Å². The van der Waals surface area contributed by atoms with Gasteiger partial charge in [-0.25, -0.2) is 0 Å². The Hall–Kier alpha value is -0.120. The highest BCUT2D eigenvalue weighted by molar-refractivity contribution is 4.83. The Morgan fingerprint density at radius 3 is 2.56 bits per heavy atom. The number of hydrogen-bond acceptors (Lipinski definition) is 3. The van der Waals surface area contributed by atoms with Crippen molar-refractivity contribution in [2.24, 2.45) is 5.92 Å². The fraction of sp³-hybridized carbons (Fsp3) is 1.00. The maximum Gasteiger partial charge on any atom is 0.0588 e. The molecule has 0 spiro atoms. The van der Waals surface area contributed by atoms with E-state index in [0.29, 0.717) is 12.0 Å². The summed E-state index contributed by atoms with van der Waals surface area (Å²) in [6, 6.07) is 0.885. The van der Waals surface area contributed by atoms with E-state index in [9.17, 15) is 5.11 Å². The molecule has 16 heavy (non-hydrogen) atoms. The van der Waals surface area contributed by atoms with E-state index < -0.39 is 0 Å². The van der Waals surface area contributed by atoms with Gasteiger partial charge in [0.15, 0.2) is 0 Å². The molecule has 2 fully saturated rings. The number of hydrogen-bond donors (Lipinski definition) is 2. The zero-order valence-corrected chi connectivity index (χ0v) is 10.2. The van der Waals surface area contributed by atoms with Crippen molar-refractivity contribution in [2.45, 2.75) is 57.0 Å². The van der Waals surface area contributed by atoms with E-state index >= 15 is 0 Å². The minimum atomic E-state index is 0.253. The van der Waals surface area contributed by atoms with Crippen LogP contribution in [0.2, 0.25) is 0 Å². The predicted octanol–water partition coefficient (Wildman–Crippen LogP) is 1.70. The number of aliphatic hydroxyl groups excluding tert-OH is 1. The molecule has 0 radical (unpaired) electrons. The molecule has 0 aromatic heterocycles. The van der Waals surface area contributed by atoms with E-state index in [1.165, 1.54) is 38.5 Å². The van der Waals surface area contributed by atoms with Gasteiger partial charge < -0.3 is 15.2 Å². The minimum Gasteiger partial charge on any atom is -0.395 e. The van der Waals surface area contributed by atoms with Crippen molar-refractivity contribution in [1.82, 2.24) is 5.32 Å². The van der Waals surface area contributed by atoms with E-state index in [2.05, 4.69) is 5.32 Å². The van der Waals surface area contributed by atoms with Gasteiger partial charge in [-0.2, -0.15) is 0 Å². The summed E-state index contributed by atoms with van der Waals surface area (Å²) in [4.78, 5) is 0. The third kappa shape index (κ3) is 3.44. The summed E-state index contributed by atoms with van der Waals surface area (Å²) in [5.41, 5.74) is 0. The maximum atomic E-state index is 9.49. The standard InChI is InChI=1S/C13H25NO2/c15-9-13(11-5-4-8-16-10-11)14-12-6-2-1-3-7-12/h11-15H,1-10H2. The molecule has 0 amide bonds. The first-order valence-corrected chi connectivity index (χ1v) is 6.85. The van der Waals surface area contributed by atoms with Gasteiger partial charge in [-0.3, -0.25) is 0 Å². The van der Waals surface area contributed by atoms with Crippen LogP contribution in [0.15, 0.2) is 0 Å². The molecule has 2 N–H and O–H groups in total. The van der Waals surface area contributed by atoms with Crippen LogP contribution < -0.4 is 5.32 Å². The van der Waals surface area contributed by atoms with Gasteiger partial charge >= 0.3 is 0 Å². The Bertz CT molecular complexity index is 186. The molecule has 1 aliphatic carbocycles. The lowest BCUT2D eigenvalue weighted by Gasteiger charge is -2.34. The van der Waals surface area contributed by atoms with E-state index in [1.54, 1.807) is 0 Å². The van der Waals surface area contributed by atoms with Crippen molar-refractivity contribution >= 4 is 0 Å². The van der Waals surface area contributed by atoms with Gasteiger partial charge in [-0.1, -0.05) is 19.3 Å². The van der Waals surface area contributed by atoms with Crippen molar-refractivity contribution in [2.75, 3.05) is 19.8 Å². The molecule has 1 heterocycles. The second-order valence-electron chi connectivity index (χ2n) is 5.27. The first-order chi connectivity index (χ1) is 7.90. The van der Waals surface area contributed by atoms with Crippen LogP contribution in [-0.2, 0) is 4.74 Å². The Balaban J connectivity index is 1.78. The van der Waals surface area contributed by atoms with Crippen LogP contribution in [0, 0.1) is 5.92 Å². The van der Waals surface area contributed by atoms with Crippen LogP contribution in [-0.4, -0.2) is 37.0 Å². The Morgan fingerprint density at radius 2 is 1.94 bits per heavy atom. The molecule has 2 unspecified atom stereocenters. The molecule has 1 saturated heterocycles. The summed E-state index contributed by atoms with van der Waals surface area (Å²) >= 11 is 0. The molecule has 3 nitrogen and oxygen atoms in total. The monoisotopic (exact) mass is 227 g/mol. The quantitative estimate of drug-likeness (QED) is 0.768. The Kier molecular flexibility index (Phi) is 5.07. The molecule has 2 aliphatic rings. The van der Waals surface area contributed by atoms with E-state index in [1.807, 2.05) is 0 Å². The van der Waals surface area contributed by atoms with Crippen LogP contribution in [0.5, 0.6) is 0 Å². The van der Waals surface area contributed by atoms with Crippen molar-refractivity contribution in [3.8, 4) is 0 Å². The molecular formula is C13H25NO2. The minimum absolute atomic E-state index is 0.253. The average molecular weight is 227 g/mol. The van der Waals surface area contributed by atoms with Gasteiger partial charge in [0.25, 0.3) is 0 Å². The summed E-state index contributed by atoms with van der Waals surface area (Å²) < 4.78 is 5.50. The lowest BCUT2D eigenvalue weighted by Crippen LogP contribution is -2.48. The van der Waals surface area contributed by atoms with Gasteiger partial charge in [0.1, 0.15) is 0 Å². The highest BCUT2D eigenvalue weighted by atomic mass is 16.5. The largest absolute Gasteiger partial charge is 0.395 e. The molecule has 2 rings (SSSR count). The molecule has 3 heteroatoms. The average Bonchev–Trinajstić information content (AvgIpc) is 2.38. The zero-order chi connectivity index (χ0) is 11.2. The number of aliphatic hydroxyl groups is 1. The summed E-state index contributed by atoms with van der Waals surface area (Å²) in [5, 5.41) is 13.1. The third-order valence-corrected chi connectivity index (χ3v) is 4.02. The van der Waals surface area contributed by atoms with Crippen LogP contribution >= 0.6 is 0 Å². The summed E-state index contributed by atoms with van der Waals surface area (Å²) in [6.45, 7) is 1.98. The van der Waals surface area contributed by atoms with Crippen molar-refractivity contribution in [3.63, 3.8) is 0 Å². The summed E-state index contributed by atoms with van der Waals surface area (Å²) in [7, 11) is 0. The summed E-state index contributed by atoms with van der Waals surface area (Å²) in [5.74, 6) is 0.515. The second kappa shape index (κ2) is 6.58. The van der Waals surface area contributed by atoms with Gasteiger partial charge in [-0.15, -0.1) is 0 Å². The molecule has 0 aromatic rings. The van der Waals surface area contributed by atoms with Crippen LogP contribution in [0.3, 0.4) is 0 Å². The van der Waals surface area contributed by atoms with E-state index in [4.69, 9.17) is 4.74 Å². The van der Waals surface area contributed by atoms with Crippen LogP contribution in [0.1, 0.15) is 44.9 Å². The molecule has 94 valence electrons. The van der Waals surface area contributed by atoms with Crippen LogP contribution in [0.4, 0.5) is 0 Å². The molecule has 2 atom stereocenters. The van der Waals surface area contributed by atoms with Crippen molar-refractivity contribution in [3.05, 3.63) is 0 Å². The molecule has 0 aromatic carbocycles. The molecule has 1 saturated carbocycles. The number of ether oxygens (including phenoxy) is 1. The first kappa shape index (κ1) is 12.3. The van der Waals surface area contributed by atoms with Gasteiger partial charge in [0.05, 0.1) is 13.2 Å². The Labute approximate surface area is 98.6 Å². The summed E-state index contributed by atoms with van der Waals surface area (Å²) in [6.07, 6.45) is 8.98. The smallest absolute Gasteiger partial charge is 0.0588 e. The fourth-order valence-corrected chi connectivity index (χ4v) is 2.99. The maximum absolute atomic E-state index is 9.49. The first-order valence-electron chi connectivity index (χ1n) is 6.85. The lowest BCUT2D eigenvalue weighted by atomic mass is 9.90. The zero-order valence-electron chi connectivity index (χ0n) is 10.2.